The highest BCUT2D eigenvalue weighted by atomic mass is 15.4. The molecular weight excluding hydrogens is 272 g/mol. The van der Waals surface area contributed by atoms with Crippen LogP contribution in [-0.2, 0) is 6.54 Å². The lowest BCUT2D eigenvalue weighted by Crippen LogP contribution is -2.36. The monoisotopic (exact) mass is 285 g/mol. The molecule has 22 heavy (non-hydrogen) atoms. The van der Waals surface area contributed by atoms with Crippen molar-refractivity contribution in [2.24, 2.45) is 0 Å². The Morgan fingerprint density at radius 2 is 2.09 bits per heavy atom. The van der Waals surface area contributed by atoms with Crippen molar-refractivity contribution in [1.29, 1.82) is 5.26 Å². The summed E-state index contributed by atoms with van der Waals surface area (Å²) in [6.45, 7) is 12.3. The van der Waals surface area contributed by atoms with Gasteiger partial charge in [0.1, 0.15) is 11.2 Å². The van der Waals surface area contributed by atoms with E-state index in [9.17, 15) is 5.26 Å². The van der Waals surface area contributed by atoms with Gasteiger partial charge in [0.2, 0.25) is 6.20 Å². The van der Waals surface area contributed by atoms with Crippen LogP contribution in [0.3, 0.4) is 0 Å². The van der Waals surface area contributed by atoms with E-state index in [4.69, 9.17) is 6.57 Å². The standard InChI is InChI=1S/C18H13N4/c1-11-4-12(2)15-9-21-10-16-13(8-19)6-14(20-3)7-18(16)22(21)17(15)5-11/h4-7,10H,9H2,1-2H3/q+1. The van der Waals surface area contributed by atoms with Gasteiger partial charge in [-0.25, -0.2) is 4.85 Å². The third-order valence-electron chi connectivity index (χ3n) is 4.30. The second-order valence-electron chi connectivity index (χ2n) is 5.77. The van der Waals surface area contributed by atoms with Gasteiger partial charge in [0, 0.05) is 0 Å². The molecular formula is C18H13N4+. The van der Waals surface area contributed by atoms with Crippen LogP contribution in [0.5, 0.6) is 0 Å². The van der Waals surface area contributed by atoms with E-state index in [0.717, 1.165) is 23.1 Å². The van der Waals surface area contributed by atoms with Crippen molar-refractivity contribution in [3.8, 4) is 11.8 Å². The molecule has 0 N–H and O–H groups in total. The Kier molecular flexibility index (Phi) is 2.40. The van der Waals surface area contributed by atoms with E-state index in [-0.39, 0.29) is 0 Å². The highest BCUT2D eigenvalue weighted by Gasteiger charge is 2.30. The summed E-state index contributed by atoms with van der Waals surface area (Å²) < 4.78 is 4.25. The van der Waals surface area contributed by atoms with E-state index in [1.54, 1.807) is 6.07 Å². The maximum atomic E-state index is 9.36. The lowest BCUT2D eigenvalue weighted by Gasteiger charge is -2.04. The molecule has 0 fully saturated rings. The fraction of sp³-hybridized carbons (Fsp3) is 0.167. The summed E-state index contributed by atoms with van der Waals surface area (Å²) in [5, 5.41) is 10.3. The van der Waals surface area contributed by atoms with Gasteiger partial charge in [0.05, 0.1) is 29.2 Å². The first-order valence-electron chi connectivity index (χ1n) is 7.09. The van der Waals surface area contributed by atoms with Crippen molar-refractivity contribution in [3.63, 3.8) is 0 Å². The van der Waals surface area contributed by atoms with Crippen molar-refractivity contribution in [1.82, 2.24) is 4.68 Å². The predicted molar refractivity (Wildman–Crippen MR) is 83.0 cm³/mol. The number of aromatic nitrogens is 2. The van der Waals surface area contributed by atoms with Crippen molar-refractivity contribution in [2.45, 2.75) is 20.4 Å². The molecule has 4 nitrogen and oxygen atoms in total. The zero-order chi connectivity index (χ0) is 15.4. The summed E-state index contributed by atoms with van der Waals surface area (Å²) in [5.41, 5.74) is 6.94. The van der Waals surface area contributed by atoms with Gasteiger partial charge >= 0.3 is 0 Å². The molecule has 0 atom stereocenters. The molecule has 0 saturated heterocycles. The number of nitriles is 1. The van der Waals surface area contributed by atoms with Gasteiger partial charge < -0.3 is 0 Å². The zero-order valence-corrected chi connectivity index (χ0v) is 12.4. The molecule has 1 aromatic heterocycles. The minimum Gasteiger partial charge on any atom is -0.238 e. The molecule has 1 aliphatic rings. The van der Waals surface area contributed by atoms with Crippen molar-refractivity contribution >= 4 is 16.6 Å². The SMILES string of the molecule is [C-]#[N+]c1cc(C#N)c2c[n+]3n(c2c1)-c1cc(C)cc(C)c1C3. The Hall–Kier alpha value is -3.11. The molecule has 104 valence electrons. The van der Waals surface area contributed by atoms with Crippen molar-refractivity contribution < 1.29 is 4.68 Å². The molecule has 2 aromatic carbocycles. The number of fused-ring (bicyclic) bond motifs is 5. The normalized spacial score (nSPS) is 11.8. The first-order valence-corrected chi connectivity index (χ1v) is 7.09. The fourth-order valence-corrected chi connectivity index (χ4v) is 3.35. The summed E-state index contributed by atoms with van der Waals surface area (Å²) >= 11 is 0. The van der Waals surface area contributed by atoms with E-state index >= 15 is 0 Å². The van der Waals surface area contributed by atoms with Crippen LogP contribution < -0.4 is 4.68 Å². The third-order valence-corrected chi connectivity index (χ3v) is 4.30. The largest absolute Gasteiger partial charge is 0.238 e. The molecule has 0 unspecified atom stereocenters. The molecule has 0 saturated carbocycles. The van der Waals surface area contributed by atoms with Gasteiger partial charge in [-0.2, -0.15) is 5.26 Å². The first-order chi connectivity index (χ1) is 10.6. The Bertz CT molecular complexity index is 1040. The highest BCUT2D eigenvalue weighted by molar-refractivity contribution is 5.89. The van der Waals surface area contributed by atoms with Crippen LogP contribution >= 0.6 is 0 Å². The van der Waals surface area contributed by atoms with Gasteiger partial charge in [-0.15, -0.1) is 9.36 Å². The number of nitrogens with zero attached hydrogens (tertiary/aromatic N) is 4. The quantitative estimate of drug-likeness (QED) is 0.361. The van der Waals surface area contributed by atoms with Crippen LogP contribution in [0.15, 0.2) is 30.5 Å². The molecule has 0 spiro atoms. The Morgan fingerprint density at radius 3 is 2.82 bits per heavy atom. The zero-order valence-electron chi connectivity index (χ0n) is 12.4. The Balaban J connectivity index is 2.14. The Morgan fingerprint density at radius 1 is 1.27 bits per heavy atom. The third kappa shape index (κ3) is 1.52. The van der Waals surface area contributed by atoms with Gasteiger partial charge in [-0.05, 0) is 43.2 Å². The van der Waals surface area contributed by atoms with Crippen LogP contribution in [0, 0.1) is 31.8 Å². The summed E-state index contributed by atoms with van der Waals surface area (Å²) in [6.07, 6.45) is 2.01. The summed E-state index contributed by atoms with van der Waals surface area (Å²) in [6, 6.07) is 10.1. The molecule has 2 heterocycles. The number of benzene rings is 2. The summed E-state index contributed by atoms with van der Waals surface area (Å²) in [7, 11) is 0. The number of rotatable bonds is 0. The van der Waals surface area contributed by atoms with Crippen LogP contribution in [0.2, 0.25) is 0 Å². The summed E-state index contributed by atoms with van der Waals surface area (Å²) in [4.78, 5) is 3.50. The molecule has 0 radical (unpaired) electrons. The molecule has 0 aliphatic carbocycles. The van der Waals surface area contributed by atoms with E-state index in [1.807, 2.05) is 12.3 Å². The lowest BCUT2D eigenvalue weighted by atomic mass is 10.0. The van der Waals surface area contributed by atoms with Gasteiger partial charge in [-0.1, -0.05) is 6.07 Å². The molecule has 3 aromatic rings. The van der Waals surface area contributed by atoms with Gasteiger partial charge in [0.25, 0.3) is 0 Å². The van der Waals surface area contributed by atoms with Crippen molar-refractivity contribution in [3.05, 3.63) is 64.1 Å². The fourth-order valence-electron chi connectivity index (χ4n) is 3.35. The second kappa shape index (κ2) is 4.19. The Labute approximate surface area is 128 Å². The molecule has 0 amide bonds. The average molecular weight is 285 g/mol. The molecule has 0 bridgehead atoms. The minimum atomic E-state index is 0.503. The minimum absolute atomic E-state index is 0.503. The average Bonchev–Trinajstić information content (AvgIpc) is 3.03. The first kappa shape index (κ1) is 12.6. The number of aryl methyl sites for hydroxylation is 2. The smallest absolute Gasteiger partial charge is 0.205 e. The lowest BCUT2D eigenvalue weighted by molar-refractivity contribution is -0.749. The van der Waals surface area contributed by atoms with Crippen LogP contribution in [0.25, 0.3) is 21.4 Å². The van der Waals surface area contributed by atoms with E-state index < -0.39 is 0 Å². The highest BCUT2D eigenvalue weighted by Crippen LogP contribution is 2.31. The second-order valence-corrected chi connectivity index (χ2v) is 5.77. The van der Waals surface area contributed by atoms with E-state index in [2.05, 4.69) is 46.3 Å². The van der Waals surface area contributed by atoms with E-state index in [1.165, 1.54) is 16.7 Å². The maximum absolute atomic E-state index is 9.36. The van der Waals surface area contributed by atoms with E-state index in [0.29, 0.717) is 11.3 Å². The van der Waals surface area contributed by atoms with Crippen LogP contribution in [0.4, 0.5) is 5.69 Å². The molecule has 4 rings (SSSR count). The van der Waals surface area contributed by atoms with Crippen LogP contribution in [-0.4, -0.2) is 4.68 Å². The maximum Gasteiger partial charge on any atom is 0.205 e. The predicted octanol–water partition coefficient (Wildman–Crippen LogP) is 3.32. The van der Waals surface area contributed by atoms with Crippen molar-refractivity contribution in [2.75, 3.05) is 0 Å². The molecule has 1 aliphatic heterocycles. The van der Waals surface area contributed by atoms with Gasteiger partial charge in [-0.3, -0.25) is 0 Å². The topological polar surface area (TPSA) is 37.0 Å². The number of hydrogen-bond donors (Lipinski definition) is 0. The van der Waals surface area contributed by atoms with Crippen LogP contribution in [0.1, 0.15) is 22.3 Å². The number of hydrogen-bond acceptors (Lipinski definition) is 1. The molecule has 4 heteroatoms. The van der Waals surface area contributed by atoms with Gasteiger partial charge in [0.15, 0.2) is 12.2 Å². The summed E-state index contributed by atoms with van der Waals surface area (Å²) in [5.74, 6) is 0.